The Kier molecular flexibility index (Phi) is 3.91. The van der Waals surface area contributed by atoms with E-state index in [2.05, 4.69) is 18.3 Å². The molecule has 1 N–H and O–H groups in total. The highest BCUT2D eigenvalue weighted by Crippen LogP contribution is 2.26. The molecule has 0 aliphatic carbocycles. The summed E-state index contributed by atoms with van der Waals surface area (Å²) in [4.78, 5) is 1.27. The van der Waals surface area contributed by atoms with Gasteiger partial charge < -0.3 is 5.32 Å². The van der Waals surface area contributed by atoms with Crippen molar-refractivity contribution in [2.45, 2.75) is 26.3 Å². The second-order valence-corrected chi connectivity index (χ2v) is 5.09. The fraction of sp³-hybridized carbons (Fsp3) is 0.385. The number of nitrogens with one attached hydrogen (secondary N) is 1. The van der Waals surface area contributed by atoms with Crippen molar-refractivity contribution in [2.75, 3.05) is 6.54 Å². The van der Waals surface area contributed by atoms with Crippen LogP contribution in [0.15, 0.2) is 24.3 Å². The maximum Gasteiger partial charge on any atom is 0.124 e. The second-order valence-electron chi connectivity index (χ2n) is 3.93. The molecule has 1 nitrogen and oxygen atoms in total. The van der Waals surface area contributed by atoms with Crippen molar-refractivity contribution in [1.29, 1.82) is 0 Å². The van der Waals surface area contributed by atoms with Crippen LogP contribution in [0.2, 0.25) is 0 Å². The zero-order chi connectivity index (χ0) is 11.4. The molecule has 0 aliphatic rings. The number of benzene rings is 1. The van der Waals surface area contributed by atoms with Gasteiger partial charge in [0.1, 0.15) is 5.82 Å². The van der Waals surface area contributed by atoms with E-state index >= 15 is 0 Å². The molecule has 0 aliphatic heterocycles. The number of halogens is 1. The molecule has 0 saturated heterocycles. The minimum Gasteiger partial charge on any atom is -0.312 e. The molecule has 1 aromatic heterocycles. The van der Waals surface area contributed by atoms with Crippen LogP contribution >= 0.6 is 11.3 Å². The van der Waals surface area contributed by atoms with Gasteiger partial charge in [0.25, 0.3) is 0 Å². The van der Waals surface area contributed by atoms with Gasteiger partial charge in [-0.3, -0.25) is 0 Å². The van der Waals surface area contributed by atoms with Crippen molar-refractivity contribution in [3.63, 3.8) is 0 Å². The van der Waals surface area contributed by atoms with E-state index in [4.69, 9.17) is 0 Å². The van der Waals surface area contributed by atoms with E-state index in [9.17, 15) is 4.39 Å². The van der Waals surface area contributed by atoms with Crippen LogP contribution in [0.3, 0.4) is 0 Å². The van der Waals surface area contributed by atoms with Gasteiger partial charge in [-0.2, -0.15) is 0 Å². The van der Waals surface area contributed by atoms with Gasteiger partial charge in [-0.25, -0.2) is 4.39 Å². The summed E-state index contributed by atoms with van der Waals surface area (Å²) in [6.45, 7) is 4.13. The molecule has 0 amide bonds. The van der Waals surface area contributed by atoms with Gasteiger partial charge in [0.15, 0.2) is 0 Å². The van der Waals surface area contributed by atoms with E-state index in [1.807, 2.05) is 6.07 Å². The first kappa shape index (κ1) is 11.6. The highest BCUT2D eigenvalue weighted by atomic mass is 32.1. The van der Waals surface area contributed by atoms with Gasteiger partial charge >= 0.3 is 0 Å². The monoisotopic (exact) mass is 237 g/mol. The molecular weight excluding hydrogens is 221 g/mol. The summed E-state index contributed by atoms with van der Waals surface area (Å²) >= 11 is 1.67. The molecule has 0 spiro atoms. The summed E-state index contributed by atoms with van der Waals surface area (Å²) < 4.78 is 14.0. The molecule has 1 heterocycles. The fourth-order valence-electron chi connectivity index (χ4n) is 1.66. The number of hydrogen-bond acceptors (Lipinski definition) is 2. The van der Waals surface area contributed by atoms with E-state index in [0.717, 1.165) is 23.2 Å². The molecule has 0 unspecified atom stereocenters. The quantitative estimate of drug-likeness (QED) is 0.777. The van der Waals surface area contributed by atoms with Crippen LogP contribution < -0.4 is 5.32 Å². The highest BCUT2D eigenvalue weighted by Gasteiger charge is 2.02. The Morgan fingerprint density at radius 3 is 3.00 bits per heavy atom. The van der Waals surface area contributed by atoms with E-state index in [-0.39, 0.29) is 5.82 Å². The van der Waals surface area contributed by atoms with Crippen molar-refractivity contribution in [2.24, 2.45) is 0 Å². The molecule has 0 fully saturated rings. The van der Waals surface area contributed by atoms with Gasteiger partial charge in [-0.05, 0) is 36.6 Å². The van der Waals surface area contributed by atoms with Gasteiger partial charge in [0.2, 0.25) is 0 Å². The standard InChI is InChI=1S/C13H16FNS/c1-2-3-6-15-9-12-7-10-4-5-11(14)8-13(10)16-12/h4-5,7-8,15H,2-3,6,9H2,1H3. The minimum atomic E-state index is -0.153. The van der Waals surface area contributed by atoms with Crippen molar-refractivity contribution in [3.05, 3.63) is 35.0 Å². The van der Waals surface area contributed by atoms with Crippen LogP contribution in [0, 0.1) is 5.82 Å². The molecular formula is C13H16FNS. The lowest BCUT2D eigenvalue weighted by atomic mass is 10.2. The third-order valence-electron chi connectivity index (χ3n) is 2.54. The lowest BCUT2D eigenvalue weighted by molar-refractivity contribution is 0.630. The van der Waals surface area contributed by atoms with E-state index in [1.54, 1.807) is 17.4 Å². The third kappa shape index (κ3) is 2.80. The first-order chi connectivity index (χ1) is 7.79. The molecule has 0 saturated carbocycles. The normalized spacial score (nSPS) is 11.1. The average molecular weight is 237 g/mol. The molecule has 2 aromatic rings. The lowest BCUT2D eigenvalue weighted by Gasteiger charge is -1.99. The van der Waals surface area contributed by atoms with Crippen LogP contribution in [0.5, 0.6) is 0 Å². The van der Waals surface area contributed by atoms with E-state index < -0.39 is 0 Å². The minimum absolute atomic E-state index is 0.153. The van der Waals surface area contributed by atoms with Gasteiger partial charge in [0.05, 0.1) is 0 Å². The summed E-state index contributed by atoms with van der Waals surface area (Å²) in [6, 6.07) is 7.11. The highest BCUT2D eigenvalue weighted by molar-refractivity contribution is 7.19. The predicted molar refractivity (Wildman–Crippen MR) is 68.4 cm³/mol. The predicted octanol–water partition coefficient (Wildman–Crippen LogP) is 3.93. The largest absolute Gasteiger partial charge is 0.312 e. The van der Waals surface area contributed by atoms with Crippen LogP contribution in [-0.2, 0) is 6.54 Å². The van der Waals surface area contributed by atoms with E-state index in [0.29, 0.717) is 0 Å². The van der Waals surface area contributed by atoms with E-state index in [1.165, 1.54) is 23.8 Å². The van der Waals surface area contributed by atoms with Crippen molar-refractivity contribution in [3.8, 4) is 0 Å². The van der Waals surface area contributed by atoms with Crippen LogP contribution in [0.1, 0.15) is 24.6 Å². The fourth-order valence-corrected chi connectivity index (χ4v) is 2.72. The zero-order valence-electron chi connectivity index (χ0n) is 9.42. The first-order valence-corrected chi connectivity index (χ1v) is 6.50. The number of hydrogen-bond donors (Lipinski definition) is 1. The summed E-state index contributed by atoms with van der Waals surface area (Å²) in [6.07, 6.45) is 2.42. The van der Waals surface area contributed by atoms with Gasteiger partial charge in [-0.15, -0.1) is 11.3 Å². The summed E-state index contributed by atoms with van der Waals surface area (Å²) in [7, 11) is 0. The maximum atomic E-state index is 13.0. The molecule has 0 bridgehead atoms. The Balaban J connectivity index is 2.02. The Bertz CT molecular complexity index is 464. The van der Waals surface area contributed by atoms with Crippen LogP contribution in [-0.4, -0.2) is 6.54 Å². The topological polar surface area (TPSA) is 12.0 Å². The molecule has 3 heteroatoms. The Morgan fingerprint density at radius 1 is 1.31 bits per heavy atom. The zero-order valence-corrected chi connectivity index (χ0v) is 10.2. The smallest absolute Gasteiger partial charge is 0.124 e. The Morgan fingerprint density at radius 2 is 2.19 bits per heavy atom. The molecule has 0 atom stereocenters. The summed E-state index contributed by atoms with van der Waals surface area (Å²) in [5, 5.41) is 4.53. The van der Waals surface area contributed by atoms with Crippen LogP contribution in [0.25, 0.3) is 10.1 Å². The number of unbranched alkanes of at least 4 members (excludes halogenated alkanes) is 1. The molecule has 1 aromatic carbocycles. The van der Waals surface area contributed by atoms with Gasteiger partial charge in [-0.1, -0.05) is 19.4 Å². The SMILES string of the molecule is CCCCNCc1cc2ccc(F)cc2s1. The number of thiophene rings is 1. The summed E-state index contributed by atoms with van der Waals surface area (Å²) in [5.41, 5.74) is 0. The van der Waals surface area contributed by atoms with Crippen molar-refractivity contribution < 1.29 is 4.39 Å². The van der Waals surface area contributed by atoms with Crippen molar-refractivity contribution in [1.82, 2.24) is 5.32 Å². The van der Waals surface area contributed by atoms with Gasteiger partial charge in [0, 0.05) is 16.1 Å². The summed E-state index contributed by atoms with van der Waals surface area (Å²) in [5.74, 6) is -0.153. The number of fused-ring (bicyclic) bond motifs is 1. The average Bonchev–Trinajstić information content (AvgIpc) is 2.66. The third-order valence-corrected chi connectivity index (χ3v) is 3.64. The van der Waals surface area contributed by atoms with Crippen molar-refractivity contribution >= 4 is 21.4 Å². The molecule has 16 heavy (non-hydrogen) atoms. The lowest BCUT2D eigenvalue weighted by Crippen LogP contribution is -2.13. The Hall–Kier alpha value is -0.930. The molecule has 2 rings (SSSR count). The maximum absolute atomic E-state index is 13.0. The van der Waals surface area contributed by atoms with Crippen LogP contribution in [0.4, 0.5) is 4.39 Å². The molecule has 86 valence electrons. The number of rotatable bonds is 5. The Labute approximate surface area is 99.3 Å². The first-order valence-electron chi connectivity index (χ1n) is 5.68. The molecule has 0 radical (unpaired) electrons. The second kappa shape index (κ2) is 5.41.